The highest BCUT2D eigenvalue weighted by atomic mass is 16.5. The Hall–Kier alpha value is -0.340. The van der Waals surface area contributed by atoms with Crippen LogP contribution in [-0.2, 0) is 9.47 Å². The van der Waals surface area contributed by atoms with Crippen LogP contribution < -0.4 is 0 Å². The molecule has 0 aromatic carbocycles. The van der Waals surface area contributed by atoms with Crippen LogP contribution in [0.3, 0.4) is 0 Å². The standard InChI is InChI=1S/C11H20O2/c1-9(2)6-13-8-11-7-12-5-4-10(11)3/h4,9,11H,5-8H2,1-3H3. The molecule has 1 aliphatic heterocycles. The van der Waals surface area contributed by atoms with Gasteiger partial charge in [-0.2, -0.15) is 0 Å². The first-order valence-electron chi connectivity index (χ1n) is 5.02. The molecule has 1 unspecified atom stereocenters. The molecule has 0 bridgehead atoms. The summed E-state index contributed by atoms with van der Waals surface area (Å²) in [5.74, 6) is 1.10. The van der Waals surface area contributed by atoms with Gasteiger partial charge in [0.1, 0.15) is 0 Å². The molecule has 0 aromatic heterocycles. The molecule has 0 saturated carbocycles. The second-order valence-electron chi connectivity index (χ2n) is 4.11. The Morgan fingerprint density at radius 2 is 2.38 bits per heavy atom. The molecule has 2 nitrogen and oxygen atoms in total. The molecule has 13 heavy (non-hydrogen) atoms. The first-order chi connectivity index (χ1) is 6.20. The third kappa shape index (κ3) is 3.92. The average Bonchev–Trinajstić information content (AvgIpc) is 2.08. The van der Waals surface area contributed by atoms with Gasteiger partial charge in [0.25, 0.3) is 0 Å². The van der Waals surface area contributed by atoms with E-state index in [0.29, 0.717) is 11.8 Å². The molecule has 0 N–H and O–H groups in total. The van der Waals surface area contributed by atoms with Crippen molar-refractivity contribution in [2.24, 2.45) is 11.8 Å². The van der Waals surface area contributed by atoms with Crippen LogP contribution in [0.15, 0.2) is 11.6 Å². The Morgan fingerprint density at radius 3 is 3.00 bits per heavy atom. The van der Waals surface area contributed by atoms with E-state index in [4.69, 9.17) is 9.47 Å². The summed E-state index contributed by atoms with van der Waals surface area (Å²) in [4.78, 5) is 0. The third-order valence-corrected chi connectivity index (χ3v) is 2.26. The molecule has 0 fully saturated rings. The summed E-state index contributed by atoms with van der Waals surface area (Å²) in [6.45, 7) is 9.74. The molecule has 0 radical (unpaired) electrons. The summed E-state index contributed by atoms with van der Waals surface area (Å²) in [5.41, 5.74) is 1.41. The maximum atomic E-state index is 5.58. The fraction of sp³-hybridized carbons (Fsp3) is 0.818. The van der Waals surface area contributed by atoms with Crippen molar-refractivity contribution in [1.29, 1.82) is 0 Å². The first-order valence-corrected chi connectivity index (χ1v) is 5.02. The lowest BCUT2D eigenvalue weighted by Gasteiger charge is -2.22. The van der Waals surface area contributed by atoms with E-state index in [1.165, 1.54) is 5.57 Å². The van der Waals surface area contributed by atoms with Crippen LogP contribution in [-0.4, -0.2) is 26.4 Å². The van der Waals surface area contributed by atoms with Crippen molar-refractivity contribution in [3.05, 3.63) is 11.6 Å². The second kappa shape index (κ2) is 5.40. The van der Waals surface area contributed by atoms with Gasteiger partial charge < -0.3 is 9.47 Å². The maximum Gasteiger partial charge on any atom is 0.0650 e. The van der Waals surface area contributed by atoms with Crippen molar-refractivity contribution in [3.63, 3.8) is 0 Å². The Balaban J connectivity index is 2.20. The molecule has 1 rings (SSSR count). The van der Waals surface area contributed by atoms with Crippen LogP contribution in [0.4, 0.5) is 0 Å². The van der Waals surface area contributed by atoms with Crippen LogP contribution in [0.1, 0.15) is 20.8 Å². The molecule has 2 heteroatoms. The summed E-state index contributed by atoms with van der Waals surface area (Å²) in [6, 6.07) is 0. The summed E-state index contributed by atoms with van der Waals surface area (Å²) < 4.78 is 10.9. The molecule has 0 aromatic rings. The number of hydrogen-bond donors (Lipinski definition) is 0. The monoisotopic (exact) mass is 184 g/mol. The Bertz CT molecular complexity index is 173. The molecule has 0 spiro atoms. The first kappa shape index (κ1) is 10.7. The van der Waals surface area contributed by atoms with E-state index >= 15 is 0 Å². The lowest BCUT2D eigenvalue weighted by atomic mass is 10.0. The van der Waals surface area contributed by atoms with Gasteiger partial charge in [-0.15, -0.1) is 0 Å². The molecular formula is C11H20O2. The Morgan fingerprint density at radius 1 is 1.62 bits per heavy atom. The lowest BCUT2D eigenvalue weighted by molar-refractivity contribution is 0.0421. The van der Waals surface area contributed by atoms with E-state index in [2.05, 4.69) is 26.8 Å². The minimum absolute atomic E-state index is 0.479. The fourth-order valence-corrected chi connectivity index (χ4v) is 1.32. The van der Waals surface area contributed by atoms with Gasteiger partial charge >= 0.3 is 0 Å². The van der Waals surface area contributed by atoms with Gasteiger partial charge in [-0.1, -0.05) is 25.5 Å². The highest BCUT2D eigenvalue weighted by molar-refractivity contribution is 5.06. The van der Waals surface area contributed by atoms with Crippen molar-refractivity contribution in [1.82, 2.24) is 0 Å². The molecule has 0 aliphatic carbocycles. The minimum Gasteiger partial charge on any atom is -0.380 e. The van der Waals surface area contributed by atoms with Gasteiger partial charge in [0.2, 0.25) is 0 Å². The molecule has 76 valence electrons. The SMILES string of the molecule is CC1=CCOCC1COCC(C)C. The van der Waals surface area contributed by atoms with Crippen LogP contribution in [0.5, 0.6) is 0 Å². The van der Waals surface area contributed by atoms with Crippen molar-refractivity contribution in [3.8, 4) is 0 Å². The average molecular weight is 184 g/mol. The topological polar surface area (TPSA) is 18.5 Å². The summed E-state index contributed by atoms with van der Waals surface area (Å²) in [5, 5.41) is 0. The van der Waals surface area contributed by atoms with E-state index in [9.17, 15) is 0 Å². The van der Waals surface area contributed by atoms with E-state index < -0.39 is 0 Å². The minimum atomic E-state index is 0.479. The Labute approximate surface area is 80.9 Å². The number of hydrogen-bond acceptors (Lipinski definition) is 2. The number of ether oxygens (including phenoxy) is 2. The van der Waals surface area contributed by atoms with E-state index in [-0.39, 0.29) is 0 Å². The Kier molecular flexibility index (Phi) is 4.46. The zero-order valence-electron chi connectivity index (χ0n) is 8.88. The van der Waals surface area contributed by atoms with Crippen LogP contribution in [0, 0.1) is 11.8 Å². The zero-order chi connectivity index (χ0) is 9.68. The highest BCUT2D eigenvalue weighted by Crippen LogP contribution is 2.15. The summed E-state index contributed by atoms with van der Waals surface area (Å²) in [7, 11) is 0. The van der Waals surface area contributed by atoms with Gasteiger partial charge in [-0.05, 0) is 12.8 Å². The van der Waals surface area contributed by atoms with Crippen LogP contribution >= 0.6 is 0 Å². The normalized spacial score (nSPS) is 23.4. The predicted octanol–water partition coefficient (Wildman–Crippen LogP) is 2.25. The van der Waals surface area contributed by atoms with Crippen molar-refractivity contribution < 1.29 is 9.47 Å². The van der Waals surface area contributed by atoms with Crippen LogP contribution in [0.25, 0.3) is 0 Å². The zero-order valence-corrected chi connectivity index (χ0v) is 8.88. The van der Waals surface area contributed by atoms with E-state index in [1.54, 1.807) is 0 Å². The summed E-state index contributed by atoms with van der Waals surface area (Å²) >= 11 is 0. The third-order valence-electron chi connectivity index (χ3n) is 2.26. The number of rotatable bonds is 4. The maximum absolute atomic E-state index is 5.58. The smallest absolute Gasteiger partial charge is 0.0650 e. The second-order valence-corrected chi connectivity index (χ2v) is 4.11. The molecule has 1 heterocycles. The molecule has 0 saturated heterocycles. The van der Waals surface area contributed by atoms with E-state index in [1.807, 2.05) is 0 Å². The van der Waals surface area contributed by atoms with Crippen molar-refractivity contribution in [2.45, 2.75) is 20.8 Å². The van der Waals surface area contributed by atoms with Gasteiger partial charge in [-0.25, -0.2) is 0 Å². The molecule has 1 atom stereocenters. The largest absolute Gasteiger partial charge is 0.380 e. The van der Waals surface area contributed by atoms with Gasteiger partial charge in [-0.3, -0.25) is 0 Å². The summed E-state index contributed by atoms with van der Waals surface area (Å²) in [6.07, 6.45) is 2.15. The van der Waals surface area contributed by atoms with E-state index in [0.717, 1.165) is 26.4 Å². The highest BCUT2D eigenvalue weighted by Gasteiger charge is 2.14. The fourth-order valence-electron chi connectivity index (χ4n) is 1.32. The van der Waals surface area contributed by atoms with Crippen molar-refractivity contribution in [2.75, 3.05) is 26.4 Å². The van der Waals surface area contributed by atoms with Crippen LogP contribution in [0.2, 0.25) is 0 Å². The van der Waals surface area contributed by atoms with Crippen molar-refractivity contribution >= 4 is 0 Å². The van der Waals surface area contributed by atoms with Gasteiger partial charge in [0.05, 0.1) is 19.8 Å². The molecular weight excluding hydrogens is 164 g/mol. The quantitative estimate of drug-likeness (QED) is 0.624. The lowest BCUT2D eigenvalue weighted by Crippen LogP contribution is -2.22. The van der Waals surface area contributed by atoms with Gasteiger partial charge in [0.15, 0.2) is 0 Å². The molecule has 0 amide bonds. The molecule has 1 aliphatic rings. The predicted molar refractivity (Wildman–Crippen MR) is 53.7 cm³/mol. The van der Waals surface area contributed by atoms with Gasteiger partial charge in [0, 0.05) is 12.5 Å².